The number of nitrogens with one attached hydrogen (secondary N) is 1. The number of halogens is 1. The first kappa shape index (κ1) is 25.2. The molecule has 2 saturated heterocycles. The van der Waals surface area contributed by atoms with E-state index in [4.69, 9.17) is 0 Å². The number of anilines is 1. The monoisotopic (exact) mass is 480 g/mol. The average Bonchev–Trinajstić information content (AvgIpc) is 2.88. The van der Waals surface area contributed by atoms with Crippen LogP contribution in [-0.4, -0.2) is 74.0 Å². The van der Waals surface area contributed by atoms with Crippen LogP contribution in [0.3, 0.4) is 0 Å². The van der Waals surface area contributed by atoms with Crippen LogP contribution < -0.4 is 10.2 Å². The van der Waals surface area contributed by atoms with Crippen molar-refractivity contribution in [1.29, 1.82) is 0 Å². The van der Waals surface area contributed by atoms with E-state index >= 15 is 0 Å². The van der Waals surface area contributed by atoms with Crippen LogP contribution in [-0.2, 0) is 4.79 Å². The summed E-state index contributed by atoms with van der Waals surface area (Å²) in [7, 11) is 0. The Morgan fingerprint density at radius 2 is 1.57 bits per heavy atom. The summed E-state index contributed by atoms with van der Waals surface area (Å²) in [5.41, 5.74) is 2.96. The van der Waals surface area contributed by atoms with E-state index in [0.717, 1.165) is 68.8 Å². The van der Waals surface area contributed by atoms with Gasteiger partial charge in [-0.3, -0.25) is 14.5 Å². The van der Waals surface area contributed by atoms with Crippen molar-refractivity contribution < 1.29 is 14.0 Å². The number of rotatable bonds is 8. The molecule has 4 rings (SSSR count). The molecule has 2 aromatic rings. The molecule has 35 heavy (non-hydrogen) atoms. The first-order chi connectivity index (χ1) is 17.0. The van der Waals surface area contributed by atoms with E-state index in [2.05, 4.69) is 15.1 Å². The Morgan fingerprint density at radius 1 is 0.914 bits per heavy atom. The van der Waals surface area contributed by atoms with E-state index in [1.165, 1.54) is 12.1 Å². The van der Waals surface area contributed by atoms with Gasteiger partial charge in [0.25, 0.3) is 5.91 Å². The van der Waals surface area contributed by atoms with Crippen molar-refractivity contribution in [3.05, 3.63) is 65.5 Å². The van der Waals surface area contributed by atoms with Crippen molar-refractivity contribution >= 4 is 17.5 Å². The number of benzene rings is 2. The number of hydrogen-bond acceptors (Lipinski definition) is 4. The Balaban J connectivity index is 1.07. The summed E-state index contributed by atoms with van der Waals surface area (Å²) >= 11 is 0. The Labute approximate surface area is 208 Å². The third kappa shape index (κ3) is 7.28. The van der Waals surface area contributed by atoms with Crippen LogP contribution in [0.1, 0.15) is 41.6 Å². The van der Waals surface area contributed by atoms with Crippen LogP contribution in [0.5, 0.6) is 0 Å². The van der Waals surface area contributed by atoms with Crippen molar-refractivity contribution in [2.24, 2.45) is 5.92 Å². The summed E-state index contributed by atoms with van der Waals surface area (Å²) in [4.78, 5) is 31.7. The molecule has 2 amide bonds. The van der Waals surface area contributed by atoms with E-state index in [1.807, 2.05) is 48.2 Å². The van der Waals surface area contributed by atoms with Crippen LogP contribution in [0.15, 0.2) is 48.5 Å². The smallest absolute Gasteiger partial charge is 0.253 e. The number of carbonyl (C=O) groups excluding carboxylic acids is 2. The fraction of sp³-hybridized carbons (Fsp3) is 0.500. The number of carbonyl (C=O) groups is 2. The zero-order valence-electron chi connectivity index (χ0n) is 20.7. The fourth-order valence-corrected chi connectivity index (χ4v) is 4.97. The molecule has 0 saturated carbocycles. The second kappa shape index (κ2) is 12.2. The van der Waals surface area contributed by atoms with Crippen molar-refractivity contribution in [3.8, 4) is 0 Å². The minimum atomic E-state index is -0.201. The lowest BCUT2D eigenvalue weighted by Crippen LogP contribution is -2.47. The molecule has 0 spiro atoms. The molecule has 2 aliphatic rings. The van der Waals surface area contributed by atoms with Crippen molar-refractivity contribution in [1.82, 2.24) is 15.1 Å². The standard InChI is InChI=1S/C28H37FN4O2/c1-22-3-5-24(6-4-22)28(35)33-15-11-23(12-16-33)21-27(34)30-13-2-14-31-17-19-32(20-18-31)26-9-7-25(29)8-10-26/h3-10,23H,2,11-21H2,1H3,(H,30,34). The van der Waals surface area contributed by atoms with Crippen LogP contribution in [0, 0.1) is 18.7 Å². The SMILES string of the molecule is Cc1ccc(C(=O)N2CCC(CC(=O)NCCCN3CCN(c4ccc(F)cc4)CC3)CC2)cc1. The molecular weight excluding hydrogens is 443 g/mol. The Bertz CT molecular complexity index is 963. The van der Waals surface area contributed by atoms with Crippen LogP contribution in [0.25, 0.3) is 0 Å². The van der Waals surface area contributed by atoms with Gasteiger partial charge >= 0.3 is 0 Å². The molecule has 0 bridgehead atoms. The van der Waals surface area contributed by atoms with Gasteiger partial charge in [0, 0.05) is 63.5 Å². The number of nitrogens with zero attached hydrogens (tertiary/aromatic N) is 3. The topological polar surface area (TPSA) is 55.9 Å². The van der Waals surface area contributed by atoms with Crippen LogP contribution >= 0.6 is 0 Å². The lowest BCUT2D eigenvalue weighted by molar-refractivity contribution is -0.122. The van der Waals surface area contributed by atoms with Gasteiger partial charge in [0.2, 0.25) is 5.91 Å². The van der Waals surface area contributed by atoms with Crippen LogP contribution in [0.4, 0.5) is 10.1 Å². The average molecular weight is 481 g/mol. The molecule has 1 N–H and O–H groups in total. The van der Waals surface area contributed by atoms with E-state index in [9.17, 15) is 14.0 Å². The fourth-order valence-electron chi connectivity index (χ4n) is 4.97. The predicted molar refractivity (Wildman–Crippen MR) is 137 cm³/mol. The lowest BCUT2D eigenvalue weighted by Gasteiger charge is -2.36. The molecule has 0 unspecified atom stereocenters. The molecule has 2 fully saturated rings. The van der Waals surface area contributed by atoms with Gasteiger partial charge in [-0.05, 0) is 75.0 Å². The maximum atomic E-state index is 13.1. The molecule has 2 heterocycles. The Kier molecular flexibility index (Phi) is 8.74. The summed E-state index contributed by atoms with van der Waals surface area (Å²) in [6.07, 6.45) is 3.24. The maximum Gasteiger partial charge on any atom is 0.253 e. The van der Waals surface area contributed by atoms with Gasteiger partial charge in [0.15, 0.2) is 0 Å². The highest BCUT2D eigenvalue weighted by Crippen LogP contribution is 2.22. The minimum absolute atomic E-state index is 0.0893. The van der Waals surface area contributed by atoms with Crippen molar-refractivity contribution in [3.63, 3.8) is 0 Å². The number of piperazine rings is 1. The molecule has 7 heteroatoms. The largest absolute Gasteiger partial charge is 0.369 e. The van der Waals surface area contributed by atoms with E-state index in [1.54, 1.807) is 0 Å². The van der Waals surface area contributed by atoms with Gasteiger partial charge in [-0.15, -0.1) is 0 Å². The molecule has 2 aliphatic heterocycles. The van der Waals surface area contributed by atoms with Gasteiger partial charge in [-0.1, -0.05) is 17.7 Å². The molecule has 0 atom stereocenters. The maximum absolute atomic E-state index is 13.1. The van der Waals surface area contributed by atoms with E-state index < -0.39 is 0 Å². The lowest BCUT2D eigenvalue weighted by atomic mass is 9.93. The first-order valence-corrected chi connectivity index (χ1v) is 12.8. The quantitative estimate of drug-likeness (QED) is 0.586. The summed E-state index contributed by atoms with van der Waals surface area (Å²) in [5.74, 6) is 0.352. The Hall–Kier alpha value is -2.93. The molecule has 2 aromatic carbocycles. The number of amides is 2. The number of hydrogen-bond donors (Lipinski definition) is 1. The molecule has 0 aliphatic carbocycles. The second-order valence-electron chi connectivity index (χ2n) is 9.81. The third-order valence-corrected chi connectivity index (χ3v) is 7.21. The predicted octanol–water partition coefficient (Wildman–Crippen LogP) is 3.70. The highest BCUT2D eigenvalue weighted by Gasteiger charge is 2.25. The summed E-state index contributed by atoms with van der Waals surface area (Å²) in [6.45, 7) is 8.94. The van der Waals surface area contributed by atoms with Gasteiger partial charge in [0.05, 0.1) is 0 Å². The number of likely N-dealkylation sites (tertiary alicyclic amines) is 1. The zero-order chi connectivity index (χ0) is 24.6. The molecule has 0 aromatic heterocycles. The normalized spacial score (nSPS) is 17.4. The van der Waals surface area contributed by atoms with Gasteiger partial charge < -0.3 is 15.1 Å². The van der Waals surface area contributed by atoms with Gasteiger partial charge in [0.1, 0.15) is 5.82 Å². The zero-order valence-corrected chi connectivity index (χ0v) is 20.7. The van der Waals surface area contributed by atoms with E-state index in [0.29, 0.717) is 32.0 Å². The van der Waals surface area contributed by atoms with Gasteiger partial charge in [-0.25, -0.2) is 4.39 Å². The molecule has 188 valence electrons. The molecular formula is C28H37FN4O2. The van der Waals surface area contributed by atoms with Crippen LogP contribution in [0.2, 0.25) is 0 Å². The van der Waals surface area contributed by atoms with Gasteiger partial charge in [-0.2, -0.15) is 0 Å². The number of aryl methyl sites for hydroxylation is 1. The Morgan fingerprint density at radius 3 is 2.23 bits per heavy atom. The third-order valence-electron chi connectivity index (χ3n) is 7.21. The first-order valence-electron chi connectivity index (χ1n) is 12.8. The van der Waals surface area contributed by atoms with Crippen molar-refractivity contribution in [2.45, 2.75) is 32.6 Å². The second-order valence-corrected chi connectivity index (χ2v) is 9.81. The highest BCUT2D eigenvalue weighted by atomic mass is 19.1. The summed E-state index contributed by atoms with van der Waals surface area (Å²) in [5, 5.41) is 3.08. The molecule has 0 radical (unpaired) electrons. The number of piperidine rings is 1. The summed E-state index contributed by atoms with van der Waals surface area (Å²) < 4.78 is 13.1. The minimum Gasteiger partial charge on any atom is -0.369 e. The molecule has 6 nitrogen and oxygen atoms in total. The highest BCUT2D eigenvalue weighted by molar-refractivity contribution is 5.94. The van der Waals surface area contributed by atoms with E-state index in [-0.39, 0.29) is 17.6 Å². The van der Waals surface area contributed by atoms with Crippen molar-refractivity contribution in [2.75, 3.05) is 57.3 Å². The summed E-state index contributed by atoms with van der Waals surface area (Å²) in [6, 6.07) is 14.4.